The summed E-state index contributed by atoms with van der Waals surface area (Å²) in [6, 6.07) is 29.2. The Hall–Kier alpha value is -3.05. The van der Waals surface area contributed by atoms with Crippen molar-refractivity contribution in [3.8, 4) is 0 Å². The normalized spacial score (nSPS) is 14.2. The van der Waals surface area contributed by atoms with E-state index in [0.717, 1.165) is 16.7 Å². The highest BCUT2D eigenvalue weighted by molar-refractivity contribution is 5.87. The number of rotatable bonds is 12. The Bertz CT molecular complexity index is 970. The fraction of sp³-hybridized carbons (Fsp3) is 0.250. The van der Waals surface area contributed by atoms with Crippen molar-refractivity contribution < 1.29 is 19.4 Å². The van der Waals surface area contributed by atoms with Gasteiger partial charge in [-0.3, -0.25) is 4.79 Å². The lowest BCUT2D eigenvalue weighted by molar-refractivity contribution is -0.155. The third-order valence-corrected chi connectivity index (χ3v) is 5.18. The van der Waals surface area contributed by atoms with Gasteiger partial charge in [-0.25, -0.2) is 0 Å². The number of ether oxygens (including phenoxy) is 2. The zero-order chi connectivity index (χ0) is 22.7. The first-order valence-corrected chi connectivity index (χ1v) is 10.8. The smallest absolute Gasteiger partial charge is 0.169 e. The van der Waals surface area contributed by atoms with Gasteiger partial charge in [0.2, 0.25) is 0 Å². The van der Waals surface area contributed by atoms with Gasteiger partial charge in [0.05, 0.1) is 25.9 Å². The van der Waals surface area contributed by atoms with E-state index >= 15 is 0 Å². The van der Waals surface area contributed by atoms with Crippen LogP contribution in [0.3, 0.4) is 0 Å². The Morgan fingerprint density at radius 2 is 1.41 bits per heavy atom. The minimum absolute atomic E-state index is 0.0523. The Morgan fingerprint density at radius 3 is 2.00 bits per heavy atom. The summed E-state index contributed by atoms with van der Waals surface area (Å²) in [7, 11) is 0. The number of hydrogen-bond acceptors (Lipinski definition) is 4. The lowest BCUT2D eigenvalue weighted by Crippen LogP contribution is -2.44. The topological polar surface area (TPSA) is 55.8 Å². The van der Waals surface area contributed by atoms with Gasteiger partial charge in [-0.05, 0) is 23.6 Å². The summed E-state index contributed by atoms with van der Waals surface area (Å²) >= 11 is 0. The highest BCUT2D eigenvalue weighted by atomic mass is 16.5. The van der Waals surface area contributed by atoms with E-state index in [2.05, 4.69) is 0 Å². The maximum atomic E-state index is 13.2. The molecule has 1 N–H and O–H groups in total. The number of ketones is 1. The van der Waals surface area contributed by atoms with Crippen molar-refractivity contribution in [2.24, 2.45) is 0 Å². The van der Waals surface area contributed by atoms with Crippen LogP contribution in [0.15, 0.2) is 97.1 Å². The van der Waals surface area contributed by atoms with Gasteiger partial charge >= 0.3 is 0 Å². The molecule has 0 aliphatic rings. The molecule has 0 aliphatic carbocycles. The fourth-order valence-corrected chi connectivity index (χ4v) is 3.22. The molecule has 0 unspecified atom stereocenters. The average Bonchev–Trinajstić information content (AvgIpc) is 2.83. The first kappa shape index (κ1) is 23.6. The molecule has 0 saturated carbocycles. The molecule has 0 spiro atoms. The Balaban J connectivity index is 1.63. The number of Topliss-reactive ketones (excluding diaryl/α,β-unsaturated/α-hetero) is 1. The molecule has 4 heteroatoms. The summed E-state index contributed by atoms with van der Waals surface area (Å²) in [5.74, 6) is -0.202. The monoisotopic (exact) mass is 430 g/mol. The van der Waals surface area contributed by atoms with E-state index < -0.39 is 11.7 Å². The van der Waals surface area contributed by atoms with Crippen molar-refractivity contribution in [2.45, 2.75) is 38.3 Å². The highest BCUT2D eigenvalue weighted by Crippen LogP contribution is 2.20. The summed E-state index contributed by atoms with van der Waals surface area (Å²) in [6.07, 6.45) is 2.49. The predicted octanol–water partition coefficient (Wildman–Crippen LogP) is 5.21. The number of carbonyl (C=O) groups is 1. The van der Waals surface area contributed by atoms with Crippen LogP contribution in [-0.4, -0.2) is 29.2 Å². The van der Waals surface area contributed by atoms with Crippen LogP contribution in [0.2, 0.25) is 0 Å². The minimum atomic E-state index is -1.17. The van der Waals surface area contributed by atoms with Crippen LogP contribution in [-0.2, 0) is 27.5 Å². The van der Waals surface area contributed by atoms with Gasteiger partial charge in [0.1, 0.15) is 5.60 Å². The molecule has 0 amide bonds. The lowest BCUT2D eigenvalue weighted by atomic mass is 9.96. The van der Waals surface area contributed by atoms with Crippen LogP contribution in [0.4, 0.5) is 0 Å². The molecular formula is C28H30O4. The molecule has 3 rings (SSSR count). The third-order valence-electron chi connectivity index (χ3n) is 5.18. The summed E-state index contributed by atoms with van der Waals surface area (Å²) in [5.41, 5.74) is 1.79. The molecule has 3 aromatic carbocycles. The van der Waals surface area contributed by atoms with Crippen molar-refractivity contribution >= 4 is 11.9 Å². The number of carbonyl (C=O) groups excluding carboxylic acids is 1. The summed E-state index contributed by atoms with van der Waals surface area (Å²) < 4.78 is 11.9. The van der Waals surface area contributed by atoms with E-state index in [9.17, 15) is 9.90 Å². The van der Waals surface area contributed by atoms with E-state index in [1.54, 1.807) is 13.0 Å². The number of aliphatic hydroxyl groups is 1. The summed E-state index contributed by atoms with van der Waals surface area (Å²) in [5, 5.41) is 10.4. The molecule has 0 fully saturated rings. The van der Waals surface area contributed by atoms with Crippen LogP contribution < -0.4 is 0 Å². The van der Waals surface area contributed by atoms with Gasteiger partial charge in [-0.15, -0.1) is 0 Å². The van der Waals surface area contributed by atoms with Crippen molar-refractivity contribution in [1.29, 1.82) is 0 Å². The highest BCUT2D eigenvalue weighted by Gasteiger charge is 2.35. The second-order valence-corrected chi connectivity index (χ2v) is 7.95. The van der Waals surface area contributed by atoms with Crippen molar-refractivity contribution in [3.05, 3.63) is 114 Å². The van der Waals surface area contributed by atoms with E-state index in [4.69, 9.17) is 9.47 Å². The van der Waals surface area contributed by atoms with Crippen LogP contribution in [0.5, 0.6) is 0 Å². The molecule has 0 heterocycles. The molecule has 0 aliphatic heterocycles. The van der Waals surface area contributed by atoms with E-state index in [1.165, 1.54) is 0 Å². The van der Waals surface area contributed by atoms with Gasteiger partial charge in [0.25, 0.3) is 0 Å². The van der Waals surface area contributed by atoms with Gasteiger partial charge in [-0.1, -0.05) is 103 Å². The number of hydrogen-bond donors (Lipinski definition) is 1. The zero-order valence-corrected chi connectivity index (χ0v) is 18.4. The van der Waals surface area contributed by atoms with Crippen LogP contribution in [0.1, 0.15) is 30.0 Å². The Morgan fingerprint density at radius 1 is 0.875 bits per heavy atom. The molecule has 166 valence electrons. The molecule has 2 atom stereocenters. The Labute approximate surface area is 190 Å². The molecular weight excluding hydrogens is 400 g/mol. The van der Waals surface area contributed by atoms with E-state index in [0.29, 0.717) is 6.61 Å². The largest absolute Gasteiger partial charge is 0.389 e. The second-order valence-electron chi connectivity index (χ2n) is 7.95. The SMILES string of the molecule is C[C@@](COCc1ccccc1)(OCc1ccccc1)C(=O)C[C@H](O)/C=C/c1ccccc1. The summed E-state index contributed by atoms with van der Waals surface area (Å²) in [6.45, 7) is 2.50. The predicted molar refractivity (Wildman–Crippen MR) is 127 cm³/mol. The summed E-state index contributed by atoms with van der Waals surface area (Å²) in [4.78, 5) is 13.2. The molecule has 32 heavy (non-hydrogen) atoms. The van der Waals surface area contributed by atoms with Crippen LogP contribution >= 0.6 is 0 Å². The first-order valence-electron chi connectivity index (χ1n) is 10.8. The molecule has 4 nitrogen and oxygen atoms in total. The maximum Gasteiger partial charge on any atom is 0.169 e. The van der Waals surface area contributed by atoms with Crippen LogP contribution in [0, 0.1) is 0 Å². The molecule has 3 aromatic rings. The standard InChI is InChI=1S/C28H30O4/c1-28(32-21-25-15-9-4-10-16-25,22-31-20-24-13-7-3-8-14-24)27(30)19-26(29)18-17-23-11-5-2-6-12-23/h2-18,26,29H,19-22H2,1H3/b18-17+/t26-,28+/m1/s1. The first-order chi connectivity index (χ1) is 15.5. The van der Waals surface area contributed by atoms with Crippen molar-refractivity contribution in [2.75, 3.05) is 6.61 Å². The van der Waals surface area contributed by atoms with Crippen molar-refractivity contribution in [3.63, 3.8) is 0 Å². The van der Waals surface area contributed by atoms with Crippen molar-refractivity contribution in [1.82, 2.24) is 0 Å². The quantitative estimate of drug-likeness (QED) is 0.428. The van der Waals surface area contributed by atoms with Gasteiger partial charge in [0, 0.05) is 6.42 Å². The number of benzene rings is 3. The van der Waals surface area contributed by atoms with E-state index in [-0.39, 0.29) is 25.4 Å². The Kier molecular flexibility index (Phi) is 8.93. The number of aliphatic hydroxyl groups excluding tert-OH is 1. The molecule has 0 saturated heterocycles. The maximum absolute atomic E-state index is 13.2. The van der Waals surface area contributed by atoms with Gasteiger partial charge < -0.3 is 14.6 Å². The van der Waals surface area contributed by atoms with Gasteiger partial charge in [0.15, 0.2) is 5.78 Å². The minimum Gasteiger partial charge on any atom is -0.389 e. The van der Waals surface area contributed by atoms with E-state index in [1.807, 2.05) is 97.1 Å². The van der Waals surface area contributed by atoms with Gasteiger partial charge in [-0.2, -0.15) is 0 Å². The zero-order valence-electron chi connectivity index (χ0n) is 18.4. The average molecular weight is 431 g/mol. The fourth-order valence-electron chi connectivity index (χ4n) is 3.22. The molecule has 0 aromatic heterocycles. The lowest BCUT2D eigenvalue weighted by Gasteiger charge is -2.29. The second kappa shape index (κ2) is 12.1. The third kappa shape index (κ3) is 7.57. The molecule has 0 bridgehead atoms. The van der Waals surface area contributed by atoms with Crippen LogP contribution in [0.25, 0.3) is 6.08 Å². The molecule has 0 radical (unpaired) electrons.